The summed E-state index contributed by atoms with van der Waals surface area (Å²) in [4.78, 5) is -0.405. The van der Waals surface area contributed by atoms with Gasteiger partial charge in [-0.3, -0.25) is 0 Å². The molecule has 0 unspecified atom stereocenters. The third kappa shape index (κ3) is 5.63. The number of hydrogen-bond donors (Lipinski definition) is 2. The van der Waals surface area contributed by atoms with E-state index in [1.165, 1.54) is 24.3 Å². The van der Waals surface area contributed by atoms with Gasteiger partial charge in [-0.1, -0.05) is 12.1 Å². The van der Waals surface area contributed by atoms with E-state index in [1.54, 1.807) is 7.11 Å². The van der Waals surface area contributed by atoms with Gasteiger partial charge in [0.15, 0.2) is 9.84 Å². The predicted octanol–water partition coefficient (Wildman–Crippen LogP) is 0.806. The lowest BCUT2D eigenvalue weighted by molar-refractivity contribution is 0.0577. The fourth-order valence-electron chi connectivity index (χ4n) is 2.94. The van der Waals surface area contributed by atoms with Gasteiger partial charge in [0.2, 0.25) is 10.0 Å². The Hall–Kier alpha value is -0.710. The first kappa shape index (κ1) is 22.3. The number of benzene rings is 1. The van der Waals surface area contributed by atoms with Crippen LogP contribution in [0, 0.1) is 5.41 Å². The average Bonchev–Trinajstić information content (AvgIpc) is 2.54. The molecule has 0 aliphatic carbocycles. The molecule has 0 aromatic heterocycles. The van der Waals surface area contributed by atoms with Crippen LogP contribution in [0.3, 0.4) is 0 Å². The van der Waals surface area contributed by atoms with Gasteiger partial charge in [0.05, 0.1) is 11.5 Å². The molecule has 25 heavy (non-hydrogen) atoms. The predicted molar refractivity (Wildman–Crippen MR) is 98.4 cm³/mol. The SMILES string of the molecule is COCC1(CNS(=O)(=O)c2ccccc2S(C)(=O)=O)CCNCC1.Cl. The monoisotopic (exact) mass is 412 g/mol. The first-order valence-corrected chi connectivity index (χ1v) is 11.1. The van der Waals surface area contributed by atoms with E-state index in [1.807, 2.05) is 0 Å². The molecule has 0 amide bonds. The maximum atomic E-state index is 12.7. The van der Waals surface area contributed by atoms with E-state index in [4.69, 9.17) is 4.74 Å². The van der Waals surface area contributed by atoms with Crippen LogP contribution in [0.5, 0.6) is 0 Å². The summed E-state index contributed by atoms with van der Waals surface area (Å²) >= 11 is 0. The maximum absolute atomic E-state index is 12.7. The maximum Gasteiger partial charge on any atom is 0.241 e. The number of sulfone groups is 1. The number of hydrogen-bond acceptors (Lipinski definition) is 6. The van der Waals surface area contributed by atoms with Crippen LogP contribution in [-0.4, -0.2) is 56.4 Å². The second-order valence-corrected chi connectivity index (χ2v) is 9.95. The van der Waals surface area contributed by atoms with Crippen molar-refractivity contribution in [2.24, 2.45) is 5.41 Å². The molecule has 0 radical (unpaired) electrons. The van der Waals surface area contributed by atoms with Gasteiger partial charge in [0.1, 0.15) is 4.90 Å². The summed E-state index contributed by atoms with van der Waals surface area (Å²) in [7, 11) is -5.98. The van der Waals surface area contributed by atoms with Crippen molar-refractivity contribution in [1.82, 2.24) is 10.0 Å². The van der Waals surface area contributed by atoms with Crippen molar-refractivity contribution in [1.29, 1.82) is 0 Å². The summed E-state index contributed by atoms with van der Waals surface area (Å²) in [6.07, 6.45) is 2.58. The van der Waals surface area contributed by atoms with Gasteiger partial charge in [0, 0.05) is 25.3 Å². The highest BCUT2D eigenvalue weighted by molar-refractivity contribution is 7.93. The van der Waals surface area contributed by atoms with Crippen LogP contribution in [0.1, 0.15) is 12.8 Å². The van der Waals surface area contributed by atoms with E-state index in [-0.39, 0.29) is 34.2 Å². The molecule has 0 atom stereocenters. The topological polar surface area (TPSA) is 102 Å². The largest absolute Gasteiger partial charge is 0.384 e. The summed E-state index contributed by atoms with van der Waals surface area (Å²) < 4.78 is 56.9. The Kier molecular flexibility index (Phi) is 7.85. The van der Waals surface area contributed by atoms with E-state index in [0.717, 1.165) is 32.2 Å². The van der Waals surface area contributed by atoms with Crippen molar-refractivity contribution in [3.63, 3.8) is 0 Å². The average molecular weight is 413 g/mol. The van der Waals surface area contributed by atoms with Crippen molar-refractivity contribution < 1.29 is 21.6 Å². The summed E-state index contributed by atoms with van der Waals surface area (Å²) in [5.41, 5.74) is -0.285. The lowest BCUT2D eigenvalue weighted by Gasteiger charge is -2.37. The number of rotatable bonds is 7. The number of nitrogens with one attached hydrogen (secondary N) is 2. The molecule has 0 bridgehead atoms. The van der Waals surface area contributed by atoms with Crippen LogP contribution in [0.25, 0.3) is 0 Å². The third-order valence-corrected chi connectivity index (χ3v) is 7.03. The minimum atomic E-state index is -3.94. The molecule has 1 saturated heterocycles. The fraction of sp³-hybridized carbons (Fsp3) is 0.600. The van der Waals surface area contributed by atoms with Crippen molar-refractivity contribution in [3.05, 3.63) is 24.3 Å². The molecule has 2 N–H and O–H groups in total. The highest BCUT2D eigenvalue weighted by Gasteiger charge is 2.34. The van der Waals surface area contributed by atoms with E-state index < -0.39 is 19.9 Å². The number of halogens is 1. The molecule has 2 rings (SSSR count). The van der Waals surface area contributed by atoms with E-state index >= 15 is 0 Å². The van der Waals surface area contributed by atoms with Crippen LogP contribution < -0.4 is 10.0 Å². The molecule has 1 heterocycles. The number of methoxy groups -OCH3 is 1. The molecular formula is C15H25ClN2O5S2. The van der Waals surface area contributed by atoms with Gasteiger partial charge >= 0.3 is 0 Å². The zero-order valence-corrected chi connectivity index (χ0v) is 16.8. The molecule has 1 aliphatic heterocycles. The number of piperidine rings is 1. The molecule has 144 valence electrons. The number of sulfonamides is 1. The summed E-state index contributed by atoms with van der Waals surface area (Å²) in [6, 6.07) is 5.64. The van der Waals surface area contributed by atoms with Gasteiger partial charge in [-0.15, -0.1) is 12.4 Å². The molecule has 1 aromatic carbocycles. The van der Waals surface area contributed by atoms with Gasteiger partial charge in [0.25, 0.3) is 0 Å². The Bertz CT molecular complexity index is 769. The third-order valence-electron chi connectivity index (χ3n) is 4.29. The highest BCUT2D eigenvalue weighted by Crippen LogP contribution is 2.29. The minimum absolute atomic E-state index is 0. The quantitative estimate of drug-likeness (QED) is 0.687. The van der Waals surface area contributed by atoms with Crippen LogP contribution in [-0.2, 0) is 24.6 Å². The van der Waals surface area contributed by atoms with Crippen LogP contribution in [0.15, 0.2) is 34.1 Å². The van der Waals surface area contributed by atoms with Crippen LogP contribution in [0.4, 0.5) is 0 Å². The molecule has 10 heteroatoms. The zero-order chi connectivity index (χ0) is 17.8. The van der Waals surface area contributed by atoms with Crippen molar-refractivity contribution in [3.8, 4) is 0 Å². The lowest BCUT2D eigenvalue weighted by atomic mass is 9.80. The van der Waals surface area contributed by atoms with E-state index in [9.17, 15) is 16.8 Å². The summed E-state index contributed by atoms with van der Waals surface area (Å²) in [5.74, 6) is 0. The second kappa shape index (κ2) is 8.79. The van der Waals surface area contributed by atoms with Gasteiger partial charge in [-0.05, 0) is 38.1 Å². The van der Waals surface area contributed by atoms with Crippen LogP contribution >= 0.6 is 12.4 Å². The Morgan fingerprint density at radius 2 is 1.68 bits per heavy atom. The zero-order valence-electron chi connectivity index (χ0n) is 14.3. The molecule has 0 spiro atoms. The highest BCUT2D eigenvalue weighted by atomic mass is 35.5. The van der Waals surface area contributed by atoms with Gasteiger partial charge in [-0.2, -0.15) is 0 Å². The first-order valence-electron chi connectivity index (χ1n) is 7.69. The molecule has 1 aliphatic rings. The molecule has 1 fully saturated rings. The summed E-state index contributed by atoms with van der Waals surface area (Å²) in [6.45, 7) is 2.25. The fourth-order valence-corrected chi connectivity index (χ4v) is 5.72. The second-order valence-electron chi connectivity index (χ2n) is 6.23. The molecule has 7 nitrogen and oxygen atoms in total. The molecule has 1 aromatic rings. The Morgan fingerprint density at radius 1 is 1.12 bits per heavy atom. The van der Waals surface area contributed by atoms with Crippen molar-refractivity contribution in [2.45, 2.75) is 22.6 Å². The van der Waals surface area contributed by atoms with Crippen molar-refractivity contribution in [2.75, 3.05) is 39.6 Å². The Morgan fingerprint density at radius 3 is 2.20 bits per heavy atom. The first-order chi connectivity index (χ1) is 11.2. The van der Waals surface area contributed by atoms with Gasteiger partial charge < -0.3 is 10.1 Å². The van der Waals surface area contributed by atoms with Crippen molar-refractivity contribution >= 4 is 32.3 Å². The summed E-state index contributed by atoms with van der Waals surface area (Å²) in [5, 5.41) is 3.24. The van der Waals surface area contributed by atoms with Gasteiger partial charge in [-0.25, -0.2) is 21.6 Å². The normalized spacial score (nSPS) is 17.7. The standard InChI is InChI=1S/C15H24N2O5S2.ClH/c1-22-12-15(7-9-16-10-8-15)11-17-24(20,21)14-6-4-3-5-13(14)23(2,18)19;/h3-6,16-17H,7-12H2,1-2H3;1H. The van der Waals surface area contributed by atoms with E-state index in [0.29, 0.717) is 6.61 Å². The smallest absolute Gasteiger partial charge is 0.241 e. The molecule has 0 saturated carbocycles. The number of ether oxygens (including phenoxy) is 1. The molecular weight excluding hydrogens is 388 g/mol. The lowest BCUT2D eigenvalue weighted by Crippen LogP contribution is -2.47. The van der Waals surface area contributed by atoms with E-state index in [2.05, 4.69) is 10.0 Å². The Labute approximate surface area is 155 Å². The Balaban J connectivity index is 0.00000312. The van der Waals surface area contributed by atoms with Crippen LogP contribution in [0.2, 0.25) is 0 Å². The minimum Gasteiger partial charge on any atom is -0.384 e.